The second-order valence-corrected chi connectivity index (χ2v) is 7.34. The van der Waals surface area contributed by atoms with Crippen LogP contribution in [0.15, 0.2) is 30.5 Å². The van der Waals surface area contributed by atoms with E-state index in [1.165, 1.54) is 5.69 Å². The summed E-state index contributed by atoms with van der Waals surface area (Å²) in [6, 6.07) is 8.33. The van der Waals surface area contributed by atoms with E-state index in [0.717, 1.165) is 70.0 Å². The molecule has 0 bridgehead atoms. The molecule has 27 heavy (non-hydrogen) atoms. The number of rotatable bonds is 6. The molecule has 1 atom stereocenters. The molecule has 2 fully saturated rings. The number of nitrogens with zero attached hydrogens (tertiary/aromatic N) is 3. The van der Waals surface area contributed by atoms with Crippen molar-refractivity contribution >= 4 is 28.9 Å². The van der Waals surface area contributed by atoms with Gasteiger partial charge in [-0.2, -0.15) is 0 Å². The maximum absolute atomic E-state index is 6.28. The van der Waals surface area contributed by atoms with Crippen molar-refractivity contribution in [2.24, 2.45) is 0 Å². The minimum Gasteiger partial charge on any atom is -0.378 e. The maximum atomic E-state index is 6.28. The van der Waals surface area contributed by atoms with Gasteiger partial charge in [0.15, 0.2) is 0 Å². The summed E-state index contributed by atoms with van der Waals surface area (Å²) in [7, 11) is 0. The van der Waals surface area contributed by atoms with E-state index in [9.17, 15) is 0 Å². The SMILES string of the molecule is Clc1cnc(Nc2ccc(N3CCOCC3)cc2)nc1CCC1CCCO1. The summed E-state index contributed by atoms with van der Waals surface area (Å²) in [5.74, 6) is 0.570. The summed E-state index contributed by atoms with van der Waals surface area (Å²) in [5, 5.41) is 3.89. The average molecular weight is 389 g/mol. The van der Waals surface area contributed by atoms with Gasteiger partial charge in [-0.1, -0.05) is 11.6 Å². The number of benzene rings is 1. The highest BCUT2D eigenvalue weighted by atomic mass is 35.5. The fraction of sp³-hybridized carbons (Fsp3) is 0.500. The Balaban J connectivity index is 1.38. The number of anilines is 3. The summed E-state index contributed by atoms with van der Waals surface area (Å²) < 4.78 is 11.1. The Bertz CT molecular complexity index is 744. The van der Waals surface area contributed by atoms with Crippen molar-refractivity contribution in [2.45, 2.75) is 31.8 Å². The van der Waals surface area contributed by atoms with Crippen molar-refractivity contribution in [3.05, 3.63) is 41.2 Å². The Morgan fingerprint density at radius 1 is 1.15 bits per heavy atom. The zero-order valence-corrected chi connectivity index (χ0v) is 16.1. The molecule has 6 nitrogen and oxygen atoms in total. The predicted octanol–water partition coefficient (Wildman–Crippen LogP) is 3.82. The van der Waals surface area contributed by atoms with Crippen molar-refractivity contribution in [3.8, 4) is 0 Å². The monoisotopic (exact) mass is 388 g/mol. The third-order valence-electron chi connectivity index (χ3n) is 5.04. The highest BCUT2D eigenvalue weighted by Crippen LogP contribution is 2.24. The second kappa shape index (κ2) is 8.87. The van der Waals surface area contributed by atoms with Gasteiger partial charge in [0.2, 0.25) is 5.95 Å². The lowest BCUT2D eigenvalue weighted by Gasteiger charge is -2.28. The van der Waals surface area contributed by atoms with Crippen LogP contribution in [0.4, 0.5) is 17.3 Å². The first-order valence-corrected chi connectivity index (χ1v) is 9.98. The zero-order chi connectivity index (χ0) is 18.5. The van der Waals surface area contributed by atoms with Crippen LogP contribution in [0.25, 0.3) is 0 Å². The smallest absolute Gasteiger partial charge is 0.227 e. The van der Waals surface area contributed by atoms with E-state index < -0.39 is 0 Å². The van der Waals surface area contributed by atoms with Crippen molar-refractivity contribution in [1.29, 1.82) is 0 Å². The normalized spacial score (nSPS) is 20.0. The molecule has 3 heterocycles. The van der Waals surface area contributed by atoms with Gasteiger partial charge in [-0.25, -0.2) is 9.97 Å². The number of halogens is 1. The van der Waals surface area contributed by atoms with Crippen LogP contribution >= 0.6 is 11.6 Å². The molecule has 2 saturated heterocycles. The lowest BCUT2D eigenvalue weighted by molar-refractivity contribution is 0.104. The summed E-state index contributed by atoms with van der Waals surface area (Å²) in [5.41, 5.74) is 3.03. The summed E-state index contributed by atoms with van der Waals surface area (Å²) in [6.45, 7) is 4.30. The summed E-state index contributed by atoms with van der Waals surface area (Å²) in [6.07, 6.45) is 6.03. The fourth-order valence-electron chi connectivity index (χ4n) is 3.51. The second-order valence-electron chi connectivity index (χ2n) is 6.93. The third-order valence-corrected chi connectivity index (χ3v) is 5.36. The molecular formula is C20H25ClN4O2. The minimum absolute atomic E-state index is 0.333. The molecule has 7 heteroatoms. The van der Waals surface area contributed by atoms with Gasteiger partial charge < -0.3 is 19.7 Å². The van der Waals surface area contributed by atoms with Gasteiger partial charge in [-0.15, -0.1) is 0 Å². The van der Waals surface area contributed by atoms with Gasteiger partial charge >= 0.3 is 0 Å². The molecule has 0 amide bonds. The van der Waals surface area contributed by atoms with E-state index in [1.807, 2.05) is 0 Å². The average Bonchev–Trinajstić information content (AvgIpc) is 3.23. The first kappa shape index (κ1) is 18.5. The lowest BCUT2D eigenvalue weighted by atomic mass is 10.1. The van der Waals surface area contributed by atoms with E-state index in [4.69, 9.17) is 21.1 Å². The number of aromatic nitrogens is 2. The minimum atomic E-state index is 0.333. The van der Waals surface area contributed by atoms with Crippen LogP contribution in [0.1, 0.15) is 25.0 Å². The van der Waals surface area contributed by atoms with Crippen LogP contribution in [0.2, 0.25) is 5.02 Å². The van der Waals surface area contributed by atoms with E-state index >= 15 is 0 Å². The molecule has 1 unspecified atom stereocenters. The maximum Gasteiger partial charge on any atom is 0.227 e. The van der Waals surface area contributed by atoms with E-state index in [0.29, 0.717) is 17.1 Å². The van der Waals surface area contributed by atoms with Crippen LogP contribution in [0.3, 0.4) is 0 Å². The van der Waals surface area contributed by atoms with Crippen LogP contribution in [0, 0.1) is 0 Å². The van der Waals surface area contributed by atoms with Crippen LogP contribution in [-0.2, 0) is 15.9 Å². The molecule has 0 spiro atoms. The van der Waals surface area contributed by atoms with Gasteiger partial charge in [0.1, 0.15) is 0 Å². The number of ether oxygens (including phenoxy) is 2. The molecule has 2 aromatic rings. The van der Waals surface area contributed by atoms with Gasteiger partial charge in [0, 0.05) is 31.1 Å². The number of aryl methyl sites for hydroxylation is 1. The van der Waals surface area contributed by atoms with Gasteiger partial charge in [0.25, 0.3) is 0 Å². The lowest BCUT2D eigenvalue weighted by Crippen LogP contribution is -2.36. The Hall–Kier alpha value is -1.89. The molecule has 1 aromatic carbocycles. The molecule has 2 aliphatic heterocycles. The molecule has 2 aliphatic rings. The van der Waals surface area contributed by atoms with Gasteiger partial charge in [-0.3, -0.25) is 0 Å². The Labute approximate surface area is 164 Å². The molecule has 1 aromatic heterocycles. The van der Waals surface area contributed by atoms with Gasteiger partial charge in [-0.05, 0) is 49.9 Å². The van der Waals surface area contributed by atoms with E-state index in [-0.39, 0.29) is 0 Å². The summed E-state index contributed by atoms with van der Waals surface area (Å²) in [4.78, 5) is 11.2. The molecule has 0 aliphatic carbocycles. The Kier molecular flexibility index (Phi) is 6.07. The highest BCUT2D eigenvalue weighted by Gasteiger charge is 2.17. The molecule has 4 rings (SSSR count). The number of hydrogen-bond donors (Lipinski definition) is 1. The molecule has 0 saturated carbocycles. The largest absolute Gasteiger partial charge is 0.378 e. The topological polar surface area (TPSA) is 59.5 Å². The van der Waals surface area contributed by atoms with Crippen LogP contribution < -0.4 is 10.2 Å². The molecule has 144 valence electrons. The first-order valence-electron chi connectivity index (χ1n) is 9.61. The van der Waals surface area contributed by atoms with Crippen molar-refractivity contribution in [2.75, 3.05) is 43.1 Å². The molecule has 1 N–H and O–H groups in total. The third kappa shape index (κ3) is 4.89. The van der Waals surface area contributed by atoms with Crippen molar-refractivity contribution < 1.29 is 9.47 Å². The number of nitrogens with one attached hydrogen (secondary N) is 1. The highest BCUT2D eigenvalue weighted by molar-refractivity contribution is 6.31. The number of morpholine rings is 1. The molecular weight excluding hydrogens is 364 g/mol. The van der Waals surface area contributed by atoms with Gasteiger partial charge in [0.05, 0.1) is 36.2 Å². The Morgan fingerprint density at radius 2 is 1.96 bits per heavy atom. The zero-order valence-electron chi connectivity index (χ0n) is 15.4. The number of hydrogen-bond acceptors (Lipinski definition) is 6. The van der Waals surface area contributed by atoms with E-state index in [2.05, 4.69) is 44.5 Å². The summed E-state index contributed by atoms with van der Waals surface area (Å²) >= 11 is 6.28. The van der Waals surface area contributed by atoms with E-state index in [1.54, 1.807) is 6.20 Å². The fourth-order valence-corrected chi connectivity index (χ4v) is 3.70. The standard InChI is InChI=1S/C20H25ClN4O2/c21-18-14-22-20(24-19(18)8-7-17-2-1-11-27-17)23-15-3-5-16(6-4-15)25-9-12-26-13-10-25/h3-6,14,17H,1-2,7-13H2,(H,22,23,24). The molecule has 0 radical (unpaired) electrons. The first-order chi connectivity index (χ1) is 13.3. The predicted molar refractivity (Wildman–Crippen MR) is 107 cm³/mol. The quantitative estimate of drug-likeness (QED) is 0.811. The van der Waals surface area contributed by atoms with Crippen LogP contribution in [-0.4, -0.2) is 49.0 Å². The van der Waals surface area contributed by atoms with Crippen molar-refractivity contribution in [1.82, 2.24) is 9.97 Å². The van der Waals surface area contributed by atoms with Crippen molar-refractivity contribution in [3.63, 3.8) is 0 Å². The van der Waals surface area contributed by atoms with Crippen LogP contribution in [0.5, 0.6) is 0 Å². The Morgan fingerprint density at radius 3 is 2.70 bits per heavy atom.